The van der Waals surface area contributed by atoms with Gasteiger partial charge in [0.05, 0.1) is 15.7 Å². The molecular formula is C14H11N3OS2. The summed E-state index contributed by atoms with van der Waals surface area (Å²) in [7, 11) is 0. The van der Waals surface area contributed by atoms with Crippen LogP contribution in [0.5, 0.6) is 0 Å². The summed E-state index contributed by atoms with van der Waals surface area (Å²) >= 11 is 3.04. The molecule has 0 saturated carbocycles. The fourth-order valence-electron chi connectivity index (χ4n) is 1.77. The molecule has 20 heavy (non-hydrogen) atoms. The number of nitrogens with one attached hydrogen (secondary N) is 1. The van der Waals surface area contributed by atoms with Crippen LogP contribution in [0.3, 0.4) is 0 Å². The molecule has 0 aliphatic carbocycles. The van der Waals surface area contributed by atoms with Crippen LogP contribution in [0.4, 0.5) is 0 Å². The number of aliphatic imine (C=N–C) groups is 1. The molecule has 1 aliphatic rings. The smallest absolute Gasteiger partial charge is 0.275 e. The molecule has 0 bridgehead atoms. The van der Waals surface area contributed by atoms with Crippen LogP contribution in [0.2, 0.25) is 0 Å². The average molecular weight is 301 g/mol. The summed E-state index contributed by atoms with van der Waals surface area (Å²) in [5, 5.41) is 3.36. The van der Waals surface area contributed by atoms with E-state index >= 15 is 0 Å². The molecular weight excluding hydrogens is 290 g/mol. The number of carbonyl (C=O) groups excluding carboxylic acids is 1. The van der Waals surface area contributed by atoms with Crippen molar-refractivity contribution in [3.05, 3.63) is 47.6 Å². The molecule has 3 rings (SSSR count). The lowest BCUT2D eigenvalue weighted by Crippen LogP contribution is -2.21. The van der Waals surface area contributed by atoms with E-state index in [1.807, 2.05) is 23.7 Å². The Morgan fingerprint density at radius 3 is 3.20 bits per heavy atom. The van der Waals surface area contributed by atoms with Crippen molar-refractivity contribution >= 4 is 50.5 Å². The minimum atomic E-state index is -0.166. The number of benzene rings is 1. The summed E-state index contributed by atoms with van der Waals surface area (Å²) in [5.41, 5.74) is 4.16. The van der Waals surface area contributed by atoms with E-state index in [0.717, 1.165) is 21.5 Å². The highest BCUT2D eigenvalue weighted by Crippen LogP contribution is 2.22. The Hall–Kier alpha value is -1.92. The molecule has 1 aromatic carbocycles. The Kier molecular flexibility index (Phi) is 3.66. The molecule has 2 heterocycles. The fraction of sp³-hybridized carbons (Fsp3) is 0.0714. The zero-order chi connectivity index (χ0) is 13.9. The SMILES string of the molecule is C=CCSC1=NC(=Cc2ccc3ncsc3c2)C(=O)N1. The summed E-state index contributed by atoms with van der Waals surface area (Å²) in [6.45, 7) is 3.64. The minimum Gasteiger partial charge on any atom is -0.300 e. The van der Waals surface area contributed by atoms with Crippen LogP contribution in [-0.4, -0.2) is 21.8 Å². The molecule has 1 N–H and O–H groups in total. The number of hydrogen-bond donors (Lipinski definition) is 1. The number of amidine groups is 1. The highest BCUT2D eigenvalue weighted by Gasteiger charge is 2.19. The van der Waals surface area contributed by atoms with Gasteiger partial charge in [0.25, 0.3) is 5.91 Å². The highest BCUT2D eigenvalue weighted by atomic mass is 32.2. The standard InChI is InChI=1S/C14H11N3OS2/c1-2-5-19-14-16-11(13(18)17-14)6-9-3-4-10-12(7-9)20-8-15-10/h2-4,6-8H,1,5H2,(H,16,17,18). The van der Waals surface area contributed by atoms with Gasteiger partial charge in [-0.15, -0.1) is 17.9 Å². The lowest BCUT2D eigenvalue weighted by Gasteiger charge is -1.95. The molecule has 1 aromatic heterocycles. The molecule has 1 amide bonds. The third-order valence-corrected chi connectivity index (χ3v) is 4.33. The van der Waals surface area contributed by atoms with Crippen LogP contribution in [0.25, 0.3) is 16.3 Å². The van der Waals surface area contributed by atoms with Gasteiger partial charge in [-0.1, -0.05) is 23.9 Å². The van der Waals surface area contributed by atoms with E-state index in [1.165, 1.54) is 11.8 Å². The average Bonchev–Trinajstić information content (AvgIpc) is 3.03. The normalized spacial score (nSPS) is 16.5. The molecule has 6 heteroatoms. The number of nitrogens with zero attached hydrogens (tertiary/aromatic N) is 2. The lowest BCUT2D eigenvalue weighted by atomic mass is 10.2. The Morgan fingerprint density at radius 2 is 2.35 bits per heavy atom. The van der Waals surface area contributed by atoms with E-state index in [-0.39, 0.29) is 5.91 Å². The van der Waals surface area contributed by atoms with Crippen molar-refractivity contribution in [3.63, 3.8) is 0 Å². The first-order chi connectivity index (χ1) is 9.76. The largest absolute Gasteiger partial charge is 0.300 e. The molecule has 0 spiro atoms. The second kappa shape index (κ2) is 5.60. The van der Waals surface area contributed by atoms with Gasteiger partial charge in [-0.05, 0) is 23.8 Å². The van der Waals surface area contributed by atoms with E-state index < -0.39 is 0 Å². The number of fused-ring (bicyclic) bond motifs is 1. The second-order valence-electron chi connectivity index (χ2n) is 4.08. The minimum absolute atomic E-state index is 0.166. The monoisotopic (exact) mass is 301 g/mol. The summed E-state index contributed by atoms with van der Waals surface area (Å²) in [6, 6.07) is 5.90. The number of aromatic nitrogens is 1. The van der Waals surface area contributed by atoms with Gasteiger partial charge < -0.3 is 0 Å². The molecule has 0 unspecified atom stereocenters. The second-order valence-corrected chi connectivity index (χ2v) is 5.97. The van der Waals surface area contributed by atoms with E-state index in [2.05, 4.69) is 21.9 Å². The van der Waals surface area contributed by atoms with Gasteiger partial charge in [0.2, 0.25) is 0 Å². The molecule has 0 saturated heterocycles. The highest BCUT2D eigenvalue weighted by molar-refractivity contribution is 8.14. The quantitative estimate of drug-likeness (QED) is 0.700. The predicted octanol–water partition coefficient (Wildman–Crippen LogP) is 3.04. The van der Waals surface area contributed by atoms with Gasteiger partial charge in [0.1, 0.15) is 5.70 Å². The van der Waals surface area contributed by atoms with Crippen LogP contribution >= 0.6 is 23.1 Å². The Bertz CT molecular complexity index is 746. The van der Waals surface area contributed by atoms with Gasteiger partial charge in [-0.2, -0.15) is 0 Å². The first kappa shape index (κ1) is 13.1. The zero-order valence-electron chi connectivity index (χ0n) is 10.5. The first-order valence-corrected chi connectivity index (χ1v) is 7.81. The fourth-order valence-corrected chi connectivity index (χ4v) is 3.10. The molecule has 0 atom stereocenters. The van der Waals surface area contributed by atoms with Gasteiger partial charge in [0.15, 0.2) is 5.17 Å². The summed E-state index contributed by atoms with van der Waals surface area (Å²) in [6.07, 6.45) is 3.56. The van der Waals surface area contributed by atoms with Crippen molar-refractivity contribution in [1.82, 2.24) is 10.3 Å². The Labute approximate surface area is 124 Å². The van der Waals surface area contributed by atoms with Gasteiger partial charge >= 0.3 is 0 Å². The third-order valence-electron chi connectivity index (χ3n) is 2.67. The van der Waals surface area contributed by atoms with E-state index in [1.54, 1.807) is 23.5 Å². The maximum atomic E-state index is 11.8. The maximum absolute atomic E-state index is 11.8. The molecule has 0 radical (unpaired) electrons. The van der Waals surface area contributed by atoms with Crippen LogP contribution < -0.4 is 5.32 Å². The van der Waals surface area contributed by atoms with E-state index in [9.17, 15) is 4.79 Å². The topological polar surface area (TPSA) is 54.4 Å². The molecule has 100 valence electrons. The van der Waals surface area contributed by atoms with Crippen molar-refractivity contribution in [2.75, 3.05) is 5.75 Å². The van der Waals surface area contributed by atoms with Crippen molar-refractivity contribution in [2.45, 2.75) is 0 Å². The van der Waals surface area contributed by atoms with E-state index in [0.29, 0.717) is 10.9 Å². The molecule has 0 fully saturated rings. The lowest BCUT2D eigenvalue weighted by molar-refractivity contribution is -0.115. The van der Waals surface area contributed by atoms with Crippen LogP contribution in [-0.2, 0) is 4.79 Å². The van der Waals surface area contributed by atoms with Crippen molar-refractivity contribution in [2.24, 2.45) is 4.99 Å². The van der Waals surface area contributed by atoms with Crippen LogP contribution in [0.1, 0.15) is 5.56 Å². The third kappa shape index (κ3) is 2.66. The summed E-state index contributed by atoms with van der Waals surface area (Å²) in [5.74, 6) is 0.556. The molecule has 2 aromatic rings. The first-order valence-electron chi connectivity index (χ1n) is 5.95. The molecule has 1 aliphatic heterocycles. The predicted molar refractivity (Wildman–Crippen MR) is 85.8 cm³/mol. The van der Waals surface area contributed by atoms with Gasteiger partial charge in [-0.25, -0.2) is 9.98 Å². The molecule has 4 nitrogen and oxygen atoms in total. The van der Waals surface area contributed by atoms with Crippen LogP contribution in [0.15, 0.2) is 47.1 Å². The number of thiazole rings is 1. The number of hydrogen-bond acceptors (Lipinski definition) is 5. The van der Waals surface area contributed by atoms with Gasteiger partial charge in [0, 0.05) is 5.75 Å². The number of carbonyl (C=O) groups is 1. The maximum Gasteiger partial charge on any atom is 0.275 e. The number of rotatable bonds is 3. The Balaban J connectivity index is 1.88. The van der Waals surface area contributed by atoms with Crippen LogP contribution in [0, 0.1) is 0 Å². The zero-order valence-corrected chi connectivity index (χ0v) is 12.1. The Morgan fingerprint density at radius 1 is 1.45 bits per heavy atom. The van der Waals surface area contributed by atoms with Crippen molar-refractivity contribution in [1.29, 1.82) is 0 Å². The van der Waals surface area contributed by atoms with Crippen molar-refractivity contribution < 1.29 is 4.79 Å². The summed E-state index contributed by atoms with van der Waals surface area (Å²) in [4.78, 5) is 20.3. The summed E-state index contributed by atoms with van der Waals surface area (Å²) < 4.78 is 1.10. The van der Waals surface area contributed by atoms with Crippen molar-refractivity contribution in [3.8, 4) is 0 Å². The number of amides is 1. The van der Waals surface area contributed by atoms with E-state index in [4.69, 9.17) is 0 Å². The number of thioether (sulfide) groups is 1. The van der Waals surface area contributed by atoms with Gasteiger partial charge in [-0.3, -0.25) is 10.1 Å².